The van der Waals surface area contributed by atoms with Crippen molar-refractivity contribution in [2.45, 2.75) is 116 Å². The van der Waals surface area contributed by atoms with Crippen LogP contribution in [0.1, 0.15) is 92.1 Å². The highest BCUT2D eigenvalue weighted by molar-refractivity contribution is 5.99. The molecule has 200 valence electrons. The summed E-state index contributed by atoms with van der Waals surface area (Å²) in [4.78, 5) is 34.7. The minimum Gasteiger partial charge on any atom is -0.344 e. The van der Waals surface area contributed by atoms with Crippen molar-refractivity contribution in [3.63, 3.8) is 0 Å². The molecule has 1 aromatic rings. The number of likely N-dealkylation sites (N-methyl/N-ethyl adjacent to an activating group) is 1. The molecule has 7 rings (SSSR count). The number of carbonyl (C=O) groups excluding carboxylic acids is 2. The molecule has 0 N–H and O–H groups in total. The van der Waals surface area contributed by atoms with Gasteiger partial charge in [0.05, 0.1) is 0 Å². The Kier molecular flexibility index (Phi) is 4.63. The first-order valence-electron chi connectivity index (χ1n) is 14.9. The van der Waals surface area contributed by atoms with Gasteiger partial charge in [0.25, 0.3) is 0 Å². The lowest BCUT2D eigenvalue weighted by Gasteiger charge is -2.68. The third-order valence-corrected chi connectivity index (χ3v) is 12.7. The van der Waals surface area contributed by atoms with Gasteiger partial charge in [0, 0.05) is 23.7 Å². The average molecular weight is 504 g/mol. The van der Waals surface area contributed by atoms with Crippen molar-refractivity contribution in [2.24, 2.45) is 28.6 Å². The van der Waals surface area contributed by atoms with E-state index in [-0.39, 0.29) is 52.4 Å². The van der Waals surface area contributed by atoms with Gasteiger partial charge in [-0.25, -0.2) is 0 Å². The van der Waals surface area contributed by atoms with E-state index in [4.69, 9.17) is 0 Å². The number of hydrogen-bond donors (Lipinski definition) is 0. The molecule has 2 saturated carbocycles. The second kappa shape index (κ2) is 7.12. The molecule has 8 unspecified atom stereocenters. The number of benzene rings is 1. The van der Waals surface area contributed by atoms with Crippen molar-refractivity contribution < 1.29 is 9.59 Å². The van der Waals surface area contributed by atoms with Crippen molar-refractivity contribution in [1.29, 1.82) is 0 Å². The Bertz CT molecular complexity index is 1190. The summed E-state index contributed by atoms with van der Waals surface area (Å²) in [7, 11) is 1.85. The van der Waals surface area contributed by atoms with Gasteiger partial charge in [0.1, 0.15) is 18.2 Å². The van der Waals surface area contributed by atoms with E-state index >= 15 is 0 Å². The van der Waals surface area contributed by atoms with E-state index in [1.807, 2.05) is 7.05 Å². The maximum Gasteiger partial charge on any atom is 0.247 e. The summed E-state index contributed by atoms with van der Waals surface area (Å²) in [5.41, 5.74) is 3.18. The summed E-state index contributed by atoms with van der Waals surface area (Å²) in [6, 6.07) is 8.26. The maximum absolute atomic E-state index is 14.3. The van der Waals surface area contributed by atoms with E-state index in [1.54, 1.807) is 4.90 Å². The Balaban J connectivity index is 1.42. The predicted molar refractivity (Wildman–Crippen MR) is 146 cm³/mol. The van der Waals surface area contributed by atoms with Gasteiger partial charge in [-0.1, -0.05) is 59.2 Å². The number of hydrogen-bond acceptors (Lipinski definition) is 3. The first kappa shape index (κ1) is 24.0. The van der Waals surface area contributed by atoms with E-state index in [0.29, 0.717) is 11.3 Å². The number of piperidine rings is 1. The van der Waals surface area contributed by atoms with Crippen LogP contribution in [-0.4, -0.2) is 52.5 Å². The zero-order valence-corrected chi connectivity index (χ0v) is 23.9. The van der Waals surface area contributed by atoms with Crippen LogP contribution in [0.5, 0.6) is 0 Å². The number of amides is 2. The number of anilines is 1. The molecule has 8 atom stereocenters. The SMILES string of the molecule is CC(C)C1C(=O)N2C(CC34CC5C6(C)CCCC(C)(C)C6CCC5(C)N(c5ccccc53)C24)C(=O)N1C. The summed E-state index contributed by atoms with van der Waals surface area (Å²) in [6.07, 6.45) is 8.17. The van der Waals surface area contributed by atoms with Crippen molar-refractivity contribution in [3.8, 4) is 0 Å². The lowest BCUT2D eigenvalue weighted by atomic mass is 9.42. The molecule has 2 aliphatic carbocycles. The van der Waals surface area contributed by atoms with Crippen molar-refractivity contribution >= 4 is 17.5 Å². The molecule has 6 aliphatic rings. The highest BCUT2D eigenvalue weighted by Gasteiger charge is 2.75. The molecule has 5 fully saturated rings. The van der Waals surface area contributed by atoms with Crippen LogP contribution in [0, 0.1) is 28.6 Å². The summed E-state index contributed by atoms with van der Waals surface area (Å²) < 4.78 is 0. The highest BCUT2D eigenvalue weighted by atomic mass is 16.2. The molecular formula is C32H45N3O2. The molecule has 5 nitrogen and oxygen atoms in total. The normalized spacial score (nSPS) is 45.4. The van der Waals surface area contributed by atoms with Crippen LogP contribution in [0.3, 0.4) is 0 Å². The van der Waals surface area contributed by atoms with Gasteiger partial charge in [-0.05, 0) is 85.7 Å². The predicted octanol–water partition coefficient (Wildman–Crippen LogP) is 5.57. The van der Waals surface area contributed by atoms with Gasteiger partial charge in [-0.2, -0.15) is 0 Å². The fourth-order valence-electron chi connectivity index (χ4n) is 11.3. The van der Waals surface area contributed by atoms with Gasteiger partial charge in [0.15, 0.2) is 0 Å². The van der Waals surface area contributed by atoms with E-state index in [2.05, 4.69) is 75.6 Å². The lowest BCUT2D eigenvalue weighted by molar-refractivity contribution is -0.164. The molecule has 0 aromatic heterocycles. The van der Waals surface area contributed by atoms with E-state index in [0.717, 1.165) is 25.2 Å². The van der Waals surface area contributed by atoms with Gasteiger partial charge in [0.2, 0.25) is 11.8 Å². The monoisotopic (exact) mass is 503 g/mol. The summed E-state index contributed by atoms with van der Waals surface area (Å²) in [6.45, 7) is 14.3. The largest absolute Gasteiger partial charge is 0.344 e. The second-order valence-electron chi connectivity index (χ2n) is 15.1. The first-order valence-corrected chi connectivity index (χ1v) is 14.9. The minimum absolute atomic E-state index is 0.0195. The topological polar surface area (TPSA) is 43.9 Å². The van der Waals surface area contributed by atoms with Crippen molar-refractivity contribution in [1.82, 2.24) is 9.80 Å². The van der Waals surface area contributed by atoms with Crippen LogP contribution in [0.2, 0.25) is 0 Å². The number of carbonyl (C=O) groups is 2. The Morgan fingerprint density at radius 3 is 2.38 bits per heavy atom. The zero-order chi connectivity index (χ0) is 26.3. The highest BCUT2D eigenvalue weighted by Crippen LogP contribution is 2.72. The third kappa shape index (κ3) is 2.62. The minimum atomic E-state index is -0.375. The molecule has 2 amide bonds. The third-order valence-electron chi connectivity index (χ3n) is 12.7. The number of piperazine rings is 1. The molecule has 37 heavy (non-hydrogen) atoms. The molecule has 4 aliphatic heterocycles. The van der Waals surface area contributed by atoms with Gasteiger partial charge < -0.3 is 14.7 Å². The maximum atomic E-state index is 14.3. The Morgan fingerprint density at radius 2 is 1.65 bits per heavy atom. The van der Waals surface area contributed by atoms with E-state index in [9.17, 15) is 9.59 Å². The standard InChI is InChI=1S/C32H45N3O2/c1-19(2)25-27(37)34-22(26(36)33(25)7)17-32-18-24-30(5)15-10-14-29(3,4)23(30)13-16-31(24,6)35(28(32)34)21-12-9-8-11-20(21)32/h8-9,11-12,19,22-25,28H,10,13-18H2,1-7H3. The number of fused-ring (bicyclic) bond motifs is 7. The van der Waals surface area contributed by atoms with Crippen LogP contribution in [0.15, 0.2) is 24.3 Å². The smallest absolute Gasteiger partial charge is 0.247 e. The summed E-state index contributed by atoms with van der Waals surface area (Å²) in [5, 5.41) is 0. The molecule has 4 heterocycles. The van der Waals surface area contributed by atoms with E-state index in [1.165, 1.54) is 36.9 Å². The summed E-state index contributed by atoms with van der Waals surface area (Å²) in [5.74, 6) is 1.68. The van der Waals surface area contributed by atoms with Crippen LogP contribution in [0.4, 0.5) is 5.69 Å². The molecule has 5 heteroatoms. The van der Waals surface area contributed by atoms with E-state index < -0.39 is 0 Å². The Hall–Kier alpha value is -2.04. The van der Waals surface area contributed by atoms with Gasteiger partial charge >= 0.3 is 0 Å². The van der Waals surface area contributed by atoms with Crippen LogP contribution in [-0.2, 0) is 15.0 Å². The second-order valence-corrected chi connectivity index (χ2v) is 15.1. The first-order chi connectivity index (χ1) is 17.4. The van der Waals surface area contributed by atoms with Gasteiger partial charge in [-0.15, -0.1) is 0 Å². The van der Waals surface area contributed by atoms with Crippen LogP contribution < -0.4 is 4.90 Å². The number of nitrogens with zero attached hydrogens (tertiary/aromatic N) is 3. The average Bonchev–Trinajstić information content (AvgIpc) is 3.27. The Morgan fingerprint density at radius 1 is 0.919 bits per heavy atom. The fourth-order valence-corrected chi connectivity index (χ4v) is 11.3. The molecule has 2 bridgehead atoms. The number of rotatable bonds is 1. The van der Waals surface area contributed by atoms with Gasteiger partial charge in [-0.3, -0.25) is 9.59 Å². The Labute approximate surface area is 222 Å². The molecule has 1 aromatic carbocycles. The van der Waals surface area contributed by atoms with Crippen molar-refractivity contribution in [3.05, 3.63) is 29.8 Å². The van der Waals surface area contributed by atoms with Crippen LogP contribution >= 0.6 is 0 Å². The summed E-state index contributed by atoms with van der Waals surface area (Å²) >= 11 is 0. The molecule has 0 radical (unpaired) electrons. The van der Waals surface area contributed by atoms with Crippen LogP contribution in [0.25, 0.3) is 0 Å². The lowest BCUT2D eigenvalue weighted by Crippen LogP contribution is -2.74. The zero-order valence-electron chi connectivity index (χ0n) is 23.9. The molecule has 0 spiro atoms. The number of para-hydroxylation sites is 1. The molecular weight excluding hydrogens is 458 g/mol. The fraction of sp³-hybridized carbons (Fsp3) is 0.750. The quantitative estimate of drug-likeness (QED) is 0.503. The molecule has 3 saturated heterocycles. The van der Waals surface area contributed by atoms with Crippen molar-refractivity contribution in [2.75, 3.05) is 11.9 Å².